The van der Waals surface area contributed by atoms with Crippen LogP contribution in [0.1, 0.15) is 97.0 Å². The number of anilines is 1. The zero-order valence-corrected chi connectivity index (χ0v) is 24.2. The van der Waals surface area contributed by atoms with Crippen LogP contribution in [0.25, 0.3) is 0 Å². The van der Waals surface area contributed by atoms with Crippen molar-refractivity contribution in [1.29, 1.82) is 0 Å². The van der Waals surface area contributed by atoms with Crippen LogP contribution >= 0.6 is 0 Å². The largest absolute Gasteiger partial charge is 0.332 e. The van der Waals surface area contributed by atoms with E-state index in [4.69, 9.17) is 9.97 Å². The summed E-state index contributed by atoms with van der Waals surface area (Å²) in [4.78, 5) is 29.9. The molecule has 1 spiro atoms. The molecule has 5 rings (SSSR count). The molecule has 2 saturated heterocycles. The Balaban J connectivity index is 1.10. The fraction of sp³-hybridized carbons (Fsp3) is 0.839. The SMILES string of the molecule is CCC1CN(C)CC(CC)N1c1ncc(C2CCN(C[C@H]3CC[C@]4(C3)C[C@@H](C(=O)C(C)C)C4)CC2)cn1. The Kier molecular flexibility index (Phi) is 8.26. The van der Waals surface area contributed by atoms with Crippen LogP contribution in [-0.2, 0) is 4.79 Å². The van der Waals surface area contributed by atoms with E-state index in [0.717, 1.165) is 37.8 Å². The number of Topliss-reactive ketones (excluding diaryl/α,β-unsaturated/α-hetero) is 1. The minimum absolute atomic E-state index is 0.204. The molecule has 0 bridgehead atoms. The molecule has 2 unspecified atom stereocenters. The first-order valence-electron chi connectivity index (χ1n) is 15.4. The van der Waals surface area contributed by atoms with E-state index in [0.29, 0.717) is 35.1 Å². The summed E-state index contributed by atoms with van der Waals surface area (Å²) in [5.41, 5.74) is 1.84. The summed E-state index contributed by atoms with van der Waals surface area (Å²) in [6.07, 6.45) is 15.4. The van der Waals surface area contributed by atoms with Gasteiger partial charge in [-0.25, -0.2) is 9.97 Å². The predicted molar refractivity (Wildman–Crippen MR) is 151 cm³/mol. The summed E-state index contributed by atoms with van der Waals surface area (Å²) in [5.74, 6) is 3.42. The highest BCUT2D eigenvalue weighted by molar-refractivity contribution is 5.83. The first-order valence-corrected chi connectivity index (χ1v) is 15.4. The Morgan fingerprint density at radius 2 is 1.62 bits per heavy atom. The molecule has 0 N–H and O–H groups in total. The minimum atomic E-state index is 0.204. The Morgan fingerprint density at radius 3 is 2.19 bits per heavy atom. The van der Waals surface area contributed by atoms with E-state index in [-0.39, 0.29) is 5.92 Å². The van der Waals surface area contributed by atoms with Crippen molar-refractivity contribution in [2.45, 2.75) is 103 Å². The molecule has 2 saturated carbocycles. The van der Waals surface area contributed by atoms with Crippen LogP contribution in [0.2, 0.25) is 0 Å². The van der Waals surface area contributed by atoms with Gasteiger partial charge >= 0.3 is 0 Å². The average Bonchev–Trinajstić information content (AvgIpc) is 3.31. The third-order valence-electron chi connectivity index (χ3n) is 10.4. The minimum Gasteiger partial charge on any atom is -0.332 e. The summed E-state index contributed by atoms with van der Waals surface area (Å²) in [6, 6.07) is 0.989. The lowest BCUT2D eigenvalue weighted by Gasteiger charge is -2.46. The second-order valence-corrected chi connectivity index (χ2v) is 13.4. The first-order chi connectivity index (χ1) is 17.8. The summed E-state index contributed by atoms with van der Waals surface area (Å²) >= 11 is 0. The van der Waals surface area contributed by atoms with Gasteiger partial charge in [0.05, 0.1) is 0 Å². The van der Waals surface area contributed by atoms with Gasteiger partial charge in [0.1, 0.15) is 5.78 Å². The lowest BCUT2D eigenvalue weighted by atomic mass is 9.58. The van der Waals surface area contributed by atoms with E-state index < -0.39 is 0 Å². The number of piperidine rings is 1. The number of nitrogens with zero attached hydrogens (tertiary/aromatic N) is 5. The Morgan fingerprint density at radius 1 is 1.00 bits per heavy atom. The number of likely N-dealkylation sites (tertiary alicyclic amines) is 1. The molecule has 6 heteroatoms. The molecule has 0 radical (unpaired) electrons. The monoisotopic (exact) mass is 509 g/mol. The first kappa shape index (κ1) is 27.1. The van der Waals surface area contributed by atoms with Crippen LogP contribution in [0.3, 0.4) is 0 Å². The summed E-state index contributed by atoms with van der Waals surface area (Å²) < 4.78 is 0. The van der Waals surface area contributed by atoms with E-state index in [2.05, 4.69) is 61.8 Å². The average molecular weight is 510 g/mol. The van der Waals surface area contributed by atoms with Crippen LogP contribution in [0.5, 0.6) is 0 Å². The maximum Gasteiger partial charge on any atom is 0.225 e. The second-order valence-electron chi connectivity index (χ2n) is 13.4. The maximum atomic E-state index is 12.4. The number of ketones is 1. The molecule has 4 aliphatic rings. The fourth-order valence-corrected chi connectivity index (χ4v) is 8.25. The fourth-order valence-electron chi connectivity index (χ4n) is 8.25. The van der Waals surface area contributed by atoms with Crippen molar-refractivity contribution >= 4 is 11.7 Å². The third kappa shape index (κ3) is 5.75. The normalized spacial score (nSPS) is 33.8. The molecule has 3 atom stereocenters. The van der Waals surface area contributed by atoms with Gasteiger partial charge in [0.15, 0.2) is 0 Å². The predicted octanol–water partition coefficient (Wildman–Crippen LogP) is 5.39. The van der Waals surface area contributed by atoms with E-state index in [1.807, 2.05) is 0 Å². The van der Waals surface area contributed by atoms with E-state index >= 15 is 0 Å². The molecule has 2 aliphatic heterocycles. The Bertz CT molecular complexity index is 889. The number of carbonyl (C=O) groups excluding carboxylic acids is 1. The van der Waals surface area contributed by atoms with Crippen molar-refractivity contribution in [3.8, 4) is 0 Å². The Hall–Kier alpha value is -1.53. The van der Waals surface area contributed by atoms with Crippen LogP contribution in [-0.4, -0.2) is 77.4 Å². The second kappa shape index (κ2) is 11.3. The molecule has 2 aliphatic carbocycles. The van der Waals surface area contributed by atoms with Crippen molar-refractivity contribution < 1.29 is 4.79 Å². The third-order valence-corrected chi connectivity index (χ3v) is 10.4. The van der Waals surface area contributed by atoms with Gasteiger partial charge in [0, 0.05) is 55.9 Å². The molecular formula is C31H51N5O. The van der Waals surface area contributed by atoms with Gasteiger partial charge < -0.3 is 14.7 Å². The zero-order valence-electron chi connectivity index (χ0n) is 24.2. The molecule has 37 heavy (non-hydrogen) atoms. The molecule has 3 heterocycles. The maximum absolute atomic E-state index is 12.4. The zero-order chi connectivity index (χ0) is 26.2. The van der Waals surface area contributed by atoms with Gasteiger partial charge in [-0.15, -0.1) is 0 Å². The van der Waals surface area contributed by atoms with Crippen LogP contribution in [0.4, 0.5) is 5.95 Å². The highest BCUT2D eigenvalue weighted by Crippen LogP contribution is 2.58. The lowest BCUT2D eigenvalue weighted by Crippen LogP contribution is -2.58. The Labute approximate surface area is 225 Å². The van der Waals surface area contributed by atoms with Crippen molar-refractivity contribution in [1.82, 2.24) is 19.8 Å². The summed E-state index contributed by atoms with van der Waals surface area (Å²) in [5, 5.41) is 0. The molecule has 6 nitrogen and oxygen atoms in total. The highest BCUT2D eigenvalue weighted by atomic mass is 16.1. The van der Waals surface area contributed by atoms with Crippen molar-refractivity contribution in [2.24, 2.45) is 23.2 Å². The quantitative estimate of drug-likeness (QED) is 0.469. The molecule has 1 aromatic heterocycles. The van der Waals surface area contributed by atoms with Crippen LogP contribution in [0.15, 0.2) is 12.4 Å². The topological polar surface area (TPSA) is 52.6 Å². The van der Waals surface area contributed by atoms with Gasteiger partial charge in [0.2, 0.25) is 5.95 Å². The number of carbonyl (C=O) groups is 1. The molecule has 0 amide bonds. The van der Waals surface area contributed by atoms with Gasteiger partial charge in [-0.2, -0.15) is 0 Å². The molecule has 1 aromatic rings. The number of rotatable bonds is 8. The van der Waals surface area contributed by atoms with Crippen molar-refractivity contribution in [2.75, 3.05) is 44.7 Å². The van der Waals surface area contributed by atoms with Gasteiger partial charge in [-0.1, -0.05) is 27.7 Å². The molecule has 0 aromatic carbocycles. The molecular weight excluding hydrogens is 458 g/mol. The number of hydrogen-bond donors (Lipinski definition) is 0. The van der Waals surface area contributed by atoms with Gasteiger partial charge in [-0.3, -0.25) is 4.79 Å². The van der Waals surface area contributed by atoms with E-state index in [1.165, 1.54) is 70.1 Å². The molecule has 206 valence electrons. The van der Waals surface area contributed by atoms with E-state index in [1.54, 1.807) is 0 Å². The van der Waals surface area contributed by atoms with Gasteiger partial charge in [0.25, 0.3) is 0 Å². The highest BCUT2D eigenvalue weighted by Gasteiger charge is 2.51. The molecule has 4 fully saturated rings. The lowest BCUT2D eigenvalue weighted by molar-refractivity contribution is -0.133. The standard InChI is InChI=1S/C31H51N5O/c1-6-27-20-34(5)21-28(7-2)36(27)30-32-17-26(18-33-30)24-9-12-35(13-10-24)19-23-8-11-31(14-23)15-25(16-31)29(37)22(3)4/h17-18,22-25,27-28H,6-16,19-21H2,1-5H3/t23-,25-,27?,28?,31+/m0/s1. The van der Waals surface area contributed by atoms with Crippen LogP contribution < -0.4 is 4.90 Å². The number of hydrogen-bond acceptors (Lipinski definition) is 6. The number of piperazine rings is 1. The smallest absolute Gasteiger partial charge is 0.225 e. The summed E-state index contributed by atoms with van der Waals surface area (Å²) in [7, 11) is 2.24. The van der Waals surface area contributed by atoms with E-state index in [9.17, 15) is 4.79 Å². The van der Waals surface area contributed by atoms with Crippen molar-refractivity contribution in [3.63, 3.8) is 0 Å². The van der Waals surface area contributed by atoms with Crippen molar-refractivity contribution in [3.05, 3.63) is 18.0 Å². The number of aromatic nitrogens is 2. The van der Waals surface area contributed by atoms with Gasteiger partial charge in [-0.05, 0) is 101 Å². The summed E-state index contributed by atoms with van der Waals surface area (Å²) in [6.45, 7) is 14.5. The van der Waals surface area contributed by atoms with Crippen LogP contribution in [0, 0.1) is 23.2 Å². The number of likely N-dealkylation sites (N-methyl/N-ethyl adjacent to an activating group) is 1.